The van der Waals surface area contributed by atoms with Gasteiger partial charge in [0.05, 0.1) is 11.4 Å². The van der Waals surface area contributed by atoms with E-state index in [2.05, 4.69) is 4.72 Å². The fourth-order valence-corrected chi connectivity index (χ4v) is 3.22. The first-order valence-corrected chi connectivity index (χ1v) is 8.59. The summed E-state index contributed by atoms with van der Waals surface area (Å²) in [5, 5.41) is 0. The summed E-state index contributed by atoms with van der Waals surface area (Å²) in [5.41, 5.74) is 1.48. The Morgan fingerprint density at radius 2 is 1.85 bits per heavy atom. The normalized spacial score (nSPS) is 11.4. The van der Waals surface area contributed by atoms with Crippen molar-refractivity contribution >= 4 is 27.3 Å². The molecule has 0 aliphatic rings. The van der Waals surface area contributed by atoms with Gasteiger partial charge in [0.15, 0.2) is 0 Å². The number of anilines is 1. The van der Waals surface area contributed by atoms with Crippen molar-refractivity contribution in [1.82, 2.24) is 4.57 Å². The summed E-state index contributed by atoms with van der Waals surface area (Å²) < 4.78 is 28.3. The Kier molecular flexibility index (Phi) is 5.09. The number of nitrogens with zero attached hydrogens (tertiary/aromatic N) is 1. The van der Waals surface area contributed by atoms with Crippen LogP contribution in [0.25, 0.3) is 5.69 Å². The Labute approximate surface area is 124 Å². The molecule has 1 aromatic carbocycles. The molecule has 0 unspecified atom stereocenters. The van der Waals surface area contributed by atoms with Crippen LogP contribution in [0.2, 0.25) is 0 Å². The molecule has 0 spiro atoms. The van der Waals surface area contributed by atoms with Crippen molar-refractivity contribution in [3.05, 3.63) is 48.8 Å². The molecule has 0 saturated carbocycles. The van der Waals surface area contributed by atoms with Crippen molar-refractivity contribution in [3.8, 4) is 5.69 Å². The van der Waals surface area contributed by atoms with E-state index in [1.165, 1.54) is 0 Å². The van der Waals surface area contributed by atoms with Gasteiger partial charge in [-0.1, -0.05) is 6.07 Å². The van der Waals surface area contributed by atoms with Crippen molar-refractivity contribution in [2.45, 2.75) is 12.8 Å². The number of sulfonamides is 1. The van der Waals surface area contributed by atoms with Crippen molar-refractivity contribution < 1.29 is 8.42 Å². The van der Waals surface area contributed by atoms with Crippen LogP contribution in [0.15, 0.2) is 48.8 Å². The highest BCUT2D eigenvalue weighted by atomic mass is 35.5. The molecule has 0 saturated heterocycles. The van der Waals surface area contributed by atoms with Crippen LogP contribution < -0.4 is 4.72 Å². The van der Waals surface area contributed by atoms with E-state index in [1.807, 2.05) is 41.2 Å². The average Bonchev–Trinajstić information content (AvgIpc) is 2.92. The molecule has 0 fully saturated rings. The maximum atomic E-state index is 11.9. The van der Waals surface area contributed by atoms with Crippen LogP contribution in [0.5, 0.6) is 0 Å². The number of nitrogens with one attached hydrogen (secondary N) is 1. The fourth-order valence-electron chi connectivity index (χ4n) is 1.85. The van der Waals surface area contributed by atoms with Crippen LogP contribution >= 0.6 is 11.6 Å². The van der Waals surface area contributed by atoms with E-state index in [-0.39, 0.29) is 5.75 Å². The molecule has 0 atom stereocenters. The molecule has 0 aliphatic carbocycles. The minimum atomic E-state index is -3.31. The number of hydrogen-bond donors (Lipinski definition) is 1. The maximum Gasteiger partial charge on any atom is 0.232 e. The fraction of sp³-hybridized carbons (Fsp3) is 0.286. The lowest BCUT2D eigenvalue weighted by Gasteiger charge is -2.10. The van der Waals surface area contributed by atoms with Crippen LogP contribution in [0.4, 0.5) is 5.69 Å². The van der Waals surface area contributed by atoms with Gasteiger partial charge in [-0.2, -0.15) is 0 Å². The van der Waals surface area contributed by atoms with Crippen molar-refractivity contribution in [1.29, 1.82) is 0 Å². The van der Waals surface area contributed by atoms with Gasteiger partial charge < -0.3 is 4.57 Å². The number of rotatable bonds is 7. The van der Waals surface area contributed by atoms with Crippen LogP contribution in [0.3, 0.4) is 0 Å². The van der Waals surface area contributed by atoms with E-state index in [0.717, 1.165) is 5.69 Å². The lowest BCUT2D eigenvalue weighted by atomic mass is 10.3. The van der Waals surface area contributed by atoms with Crippen molar-refractivity contribution in [3.63, 3.8) is 0 Å². The first-order valence-electron chi connectivity index (χ1n) is 6.40. The molecule has 1 aromatic heterocycles. The summed E-state index contributed by atoms with van der Waals surface area (Å²) in [4.78, 5) is 0. The number of hydrogen-bond acceptors (Lipinski definition) is 2. The molecule has 2 rings (SSSR count). The Bertz CT molecular complexity index is 639. The molecular weight excluding hydrogens is 296 g/mol. The summed E-state index contributed by atoms with van der Waals surface area (Å²) in [5.74, 6) is 0.575. The molecule has 108 valence electrons. The highest BCUT2D eigenvalue weighted by molar-refractivity contribution is 7.92. The van der Waals surface area contributed by atoms with Gasteiger partial charge in [0.25, 0.3) is 0 Å². The van der Waals surface area contributed by atoms with E-state index < -0.39 is 10.0 Å². The van der Waals surface area contributed by atoms with Crippen LogP contribution in [-0.2, 0) is 10.0 Å². The Morgan fingerprint density at radius 1 is 1.10 bits per heavy atom. The van der Waals surface area contributed by atoms with E-state index in [1.54, 1.807) is 12.1 Å². The highest BCUT2D eigenvalue weighted by Gasteiger charge is 2.10. The molecule has 0 amide bonds. The first-order chi connectivity index (χ1) is 9.61. The van der Waals surface area contributed by atoms with Crippen molar-refractivity contribution in [2.75, 3.05) is 16.4 Å². The van der Waals surface area contributed by atoms with Crippen molar-refractivity contribution in [2.24, 2.45) is 0 Å². The Morgan fingerprint density at radius 3 is 2.55 bits per heavy atom. The lowest BCUT2D eigenvalue weighted by molar-refractivity contribution is 0.598. The minimum Gasteiger partial charge on any atom is -0.324 e. The van der Waals surface area contributed by atoms with Gasteiger partial charge in [0.2, 0.25) is 10.0 Å². The number of halogens is 1. The average molecular weight is 313 g/mol. The topological polar surface area (TPSA) is 51.1 Å². The summed E-state index contributed by atoms with van der Waals surface area (Å²) >= 11 is 5.55. The predicted octanol–water partition coefficient (Wildman–Crippen LogP) is 3.24. The third-order valence-corrected chi connectivity index (χ3v) is 4.46. The standard InChI is InChI=1S/C14H17ClN2O2S/c15-8-1-4-11-20(18,19)16-13-6-5-7-14(12-13)17-9-2-3-10-17/h2-3,5-7,9-10,12,16H,1,4,8,11H2. The van der Waals surface area contributed by atoms with Gasteiger partial charge in [-0.3, -0.25) is 4.72 Å². The van der Waals surface area contributed by atoms with E-state index >= 15 is 0 Å². The monoisotopic (exact) mass is 312 g/mol. The zero-order valence-electron chi connectivity index (χ0n) is 11.0. The molecule has 0 aliphatic heterocycles. The third kappa shape index (κ3) is 4.28. The lowest BCUT2D eigenvalue weighted by Crippen LogP contribution is -2.16. The van der Waals surface area contributed by atoms with Gasteiger partial charge >= 0.3 is 0 Å². The predicted molar refractivity (Wildman–Crippen MR) is 83.1 cm³/mol. The molecule has 0 bridgehead atoms. The second-order valence-corrected chi connectivity index (χ2v) is 6.68. The van der Waals surface area contributed by atoms with Gasteiger partial charge in [-0.05, 0) is 43.2 Å². The maximum absolute atomic E-state index is 11.9. The first kappa shape index (κ1) is 14.9. The van der Waals surface area contributed by atoms with Crippen LogP contribution in [-0.4, -0.2) is 24.6 Å². The van der Waals surface area contributed by atoms with E-state index in [0.29, 0.717) is 24.4 Å². The quantitative estimate of drug-likeness (QED) is 0.630. The second kappa shape index (κ2) is 6.81. The zero-order chi connectivity index (χ0) is 14.4. The van der Waals surface area contributed by atoms with Crippen LogP contribution in [0.1, 0.15) is 12.8 Å². The molecular formula is C14H17ClN2O2S. The number of benzene rings is 1. The largest absolute Gasteiger partial charge is 0.324 e. The SMILES string of the molecule is O=S(=O)(CCCCCl)Nc1cccc(-n2cccc2)c1. The Balaban J connectivity index is 2.08. The summed E-state index contributed by atoms with van der Waals surface area (Å²) in [7, 11) is -3.31. The molecule has 4 nitrogen and oxygen atoms in total. The van der Waals surface area contributed by atoms with Gasteiger partial charge in [-0.25, -0.2) is 8.42 Å². The highest BCUT2D eigenvalue weighted by Crippen LogP contribution is 2.16. The number of unbranched alkanes of at least 4 members (excludes halogenated alkanes) is 1. The van der Waals surface area contributed by atoms with Crippen LogP contribution in [0, 0.1) is 0 Å². The zero-order valence-corrected chi connectivity index (χ0v) is 12.6. The molecule has 2 aromatic rings. The second-order valence-electron chi connectivity index (χ2n) is 4.46. The molecule has 1 N–H and O–H groups in total. The number of aromatic nitrogens is 1. The van der Waals surface area contributed by atoms with Gasteiger partial charge in [0, 0.05) is 24.0 Å². The van der Waals surface area contributed by atoms with E-state index in [9.17, 15) is 8.42 Å². The summed E-state index contributed by atoms with van der Waals surface area (Å²) in [6.45, 7) is 0. The van der Waals surface area contributed by atoms with Gasteiger partial charge in [-0.15, -0.1) is 11.6 Å². The van der Waals surface area contributed by atoms with E-state index in [4.69, 9.17) is 11.6 Å². The third-order valence-electron chi connectivity index (χ3n) is 2.82. The molecule has 20 heavy (non-hydrogen) atoms. The summed E-state index contributed by atoms with van der Waals surface area (Å²) in [6, 6.07) is 11.1. The summed E-state index contributed by atoms with van der Waals surface area (Å²) in [6.07, 6.45) is 5.09. The molecule has 0 radical (unpaired) electrons. The minimum absolute atomic E-state index is 0.0907. The molecule has 6 heteroatoms. The van der Waals surface area contributed by atoms with Gasteiger partial charge in [0.1, 0.15) is 0 Å². The molecule has 1 heterocycles. The Hall–Kier alpha value is -1.46. The smallest absolute Gasteiger partial charge is 0.232 e. The number of alkyl halides is 1.